The van der Waals surface area contributed by atoms with E-state index in [1.54, 1.807) is 0 Å². The van der Waals surface area contributed by atoms with E-state index in [1.165, 1.54) is 24.3 Å². The summed E-state index contributed by atoms with van der Waals surface area (Å²) in [7, 11) is 1.14. The second-order valence-electron chi connectivity index (χ2n) is 5.81. The fraction of sp³-hybridized carbons (Fsp3) is 0.188. The van der Waals surface area contributed by atoms with Crippen LogP contribution in [-0.4, -0.2) is 25.5 Å². The fourth-order valence-corrected chi connectivity index (χ4v) is 2.75. The Labute approximate surface area is 163 Å². The molecule has 0 bridgehead atoms. The molecule has 0 saturated heterocycles. The van der Waals surface area contributed by atoms with Crippen LogP contribution in [0.5, 0.6) is 0 Å². The number of hydrogen-bond donors (Lipinski definition) is 1. The average Bonchev–Trinajstić information content (AvgIpc) is 3.18. The van der Waals surface area contributed by atoms with E-state index in [-0.39, 0.29) is 10.7 Å². The zero-order valence-corrected chi connectivity index (χ0v) is 15.1. The van der Waals surface area contributed by atoms with E-state index in [4.69, 9.17) is 11.6 Å². The van der Waals surface area contributed by atoms with Gasteiger partial charge in [-0.3, -0.25) is 9.48 Å². The number of benzene rings is 1. The summed E-state index contributed by atoms with van der Waals surface area (Å²) >= 11 is 5.79. The molecule has 6 nitrogen and oxygen atoms in total. The maximum Gasteiger partial charge on any atom is 0.435 e. The molecule has 29 heavy (non-hydrogen) atoms. The minimum Gasteiger partial charge on any atom is -0.319 e. The number of hydrogen-bond acceptors (Lipinski definition) is 3. The standard InChI is InChI=1S/C16H10ClF6N5O/c1-27-7-10(12(26-27)15(18,19)20)14(29)25-11-6-24-28(13(11)16(21,22)23)9-4-2-3-8(17)5-9/h2-7H,1H3,(H,25,29). The lowest BCUT2D eigenvalue weighted by Gasteiger charge is -2.13. The highest BCUT2D eigenvalue weighted by Crippen LogP contribution is 2.37. The van der Waals surface area contributed by atoms with Crippen LogP contribution in [0, 0.1) is 0 Å². The minimum atomic E-state index is -4.98. The molecule has 1 aromatic carbocycles. The number of halogens is 7. The molecule has 3 rings (SSSR count). The molecule has 154 valence electrons. The molecule has 1 N–H and O–H groups in total. The molecule has 0 unspecified atom stereocenters. The summed E-state index contributed by atoms with van der Waals surface area (Å²) in [6, 6.07) is 5.33. The van der Waals surface area contributed by atoms with Crippen LogP contribution in [0.2, 0.25) is 5.02 Å². The van der Waals surface area contributed by atoms with Gasteiger partial charge in [-0.2, -0.15) is 36.5 Å². The lowest BCUT2D eigenvalue weighted by Crippen LogP contribution is -2.21. The van der Waals surface area contributed by atoms with Crippen molar-refractivity contribution in [1.29, 1.82) is 0 Å². The molecule has 2 heterocycles. The first-order valence-electron chi connectivity index (χ1n) is 7.71. The minimum absolute atomic E-state index is 0.0531. The molecule has 3 aromatic rings. The highest BCUT2D eigenvalue weighted by atomic mass is 35.5. The number of carbonyl (C=O) groups excluding carboxylic acids is 1. The van der Waals surface area contributed by atoms with Crippen molar-refractivity contribution in [2.24, 2.45) is 7.05 Å². The number of rotatable bonds is 3. The van der Waals surface area contributed by atoms with Gasteiger partial charge >= 0.3 is 12.4 Å². The Kier molecular flexibility index (Phi) is 5.07. The average molecular weight is 438 g/mol. The Morgan fingerprint density at radius 1 is 1.14 bits per heavy atom. The second kappa shape index (κ2) is 7.10. The monoisotopic (exact) mass is 437 g/mol. The van der Waals surface area contributed by atoms with Crippen LogP contribution < -0.4 is 5.32 Å². The second-order valence-corrected chi connectivity index (χ2v) is 6.25. The van der Waals surface area contributed by atoms with E-state index in [0.29, 0.717) is 10.9 Å². The van der Waals surface area contributed by atoms with E-state index in [2.05, 4.69) is 10.2 Å². The summed E-state index contributed by atoms with van der Waals surface area (Å²) < 4.78 is 81.1. The lowest BCUT2D eigenvalue weighted by atomic mass is 10.2. The largest absolute Gasteiger partial charge is 0.435 e. The van der Waals surface area contributed by atoms with Gasteiger partial charge in [0.25, 0.3) is 5.91 Å². The van der Waals surface area contributed by atoms with Gasteiger partial charge in [0.15, 0.2) is 11.4 Å². The van der Waals surface area contributed by atoms with Gasteiger partial charge < -0.3 is 5.32 Å². The van der Waals surface area contributed by atoms with Crippen molar-refractivity contribution in [2.75, 3.05) is 5.32 Å². The van der Waals surface area contributed by atoms with Crippen LogP contribution in [0.15, 0.2) is 36.7 Å². The van der Waals surface area contributed by atoms with E-state index in [9.17, 15) is 31.1 Å². The van der Waals surface area contributed by atoms with Crippen molar-refractivity contribution in [3.8, 4) is 5.69 Å². The van der Waals surface area contributed by atoms with Crippen molar-refractivity contribution in [1.82, 2.24) is 19.6 Å². The first-order valence-corrected chi connectivity index (χ1v) is 8.09. The van der Waals surface area contributed by atoms with Gasteiger partial charge in [0.05, 0.1) is 23.1 Å². The molecule has 0 saturated carbocycles. The first kappa shape index (κ1) is 20.7. The van der Waals surface area contributed by atoms with Crippen LogP contribution in [0.1, 0.15) is 21.7 Å². The molecule has 0 atom stereocenters. The normalized spacial score (nSPS) is 12.3. The van der Waals surface area contributed by atoms with Gasteiger partial charge in [-0.15, -0.1) is 0 Å². The number of aryl methyl sites for hydroxylation is 1. The molecule has 0 fully saturated rings. The maximum absolute atomic E-state index is 13.6. The Morgan fingerprint density at radius 3 is 2.41 bits per heavy atom. The Bertz CT molecular complexity index is 1070. The highest BCUT2D eigenvalue weighted by molar-refractivity contribution is 6.30. The third-order valence-corrected chi connectivity index (χ3v) is 3.92. The van der Waals surface area contributed by atoms with E-state index < -0.39 is 40.9 Å². The predicted octanol–water partition coefficient (Wildman–Crippen LogP) is 4.55. The summed E-state index contributed by atoms with van der Waals surface area (Å²) in [6.45, 7) is 0. The topological polar surface area (TPSA) is 64.7 Å². The van der Waals surface area contributed by atoms with E-state index >= 15 is 0 Å². The number of aromatic nitrogens is 4. The number of amides is 1. The maximum atomic E-state index is 13.6. The molecule has 0 aliphatic carbocycles. The molecule has 0 aliphatic heterocycles. The summed E-state index contributed by atoms with van der Waals surface area (Å²) in [5.41, 5.74) is -4.70. The van der Waals surface area contributed by atoms with Crippen molar-refractivity contribution in [3.63, 3.8) is 0 Å². The Morgan fingerprint density at radius 2 is 1.83 bits per heavy atom. The Hall–Kier alpha value is -3.02. The van der Waals surface area contributed by atoms with E-state index in [1.807, 2.05) is 5.32 Å². The molecular formula is C16H10ClF6N5O. The van der Waals surface area contributed by atoms with Crippen LogP contribution in [0.25, 0.3) is 5.69 Å². The zero-order valence-electron chi connectivity index (χ0n) is 14.3. The van der Waals surface area contributed by atoms with Gasteiger partial charge in [0.2, 0.25) is 0 Å². The Balaban J connectivity index is 2.04. The predicted molar refractivity (Wildman–Crippen MR) is 89.7 cm³/mol. The molecule has 0 radical (unpaired) electrons. The number of carbonyl (C=O) groups is 1. The van der Waals surface area contributed by atoms with Gasteiger partial charge in [-0.1, -0.05) is 17.7 Å². The number of nitrogens with one attached hydrogen (secondary N) is 1. The fourth-order valence-electron chi connectivity index (χ4n) is 2.57. The molecule has 1 amide bonds. The number of alkyl halides is 6. The summed E-state index contributed by atoms with van der Waals surface area (Å²) in [5, 5.41) is 8.72. The first-order chi connectivity index (χ1) is 13.4. The molecule has 2 aromatic heterocycles. The van der Waals surface area contributed by atoms with Crippen molar-refractivity contribution in [2.45, 2.75) is 12.4 Å². The smallest absolute Gasteiger partial charge is 0.319 e. The van der Waals surface area contributed by atoms with Crippen LogP contribution in [0.3, 0.4) is 0 Å². The zero-order chi connectivity index (χ0) is 21.6. The summed E-state index contributed by atoms with van der Waals surface area (Å²) in [5.74, 6) is -1.42. The van der Waals surface area contributed by atoms with Crippen LogP contribution in [-0.2, 0) is 19.4 Å². The third kappa shape index (κ3) is 4.21. The number of anilines is 1. The van der Waals surface area contributed by atoms with Crippen molar-refractivity contribution < 1.29 is 31.1 Å². The van der Waals surface area contributed by atoms with E-state index in [0.717, 1.165) is 17.9 Å². The van der Waals surface area contributed by atoms with Crippen LogP contribution >= 0.6 is 11.6 Å². The molecule has 13 heteroatoms. The number of nitrogens with zero attached hydrogens (tertiary/aromatic N) is 4. The summed E-state index contributed by atoms with van der Waals surface area (Å²) in [6.07, 6.45) is -8.51. The molecule has 0 spiro atoms. The molecule has 0 aliphatic rings. The van der Waals surface area contributed by atoms with Gasteiger partial charge in [-0.25, -0.2) is 4.68 Å². The third-order valence-electron chi connectivity index (χ3n) is 3.68. The van der Waals surface area contributed by atoms with Crippen molar-refractivity contribution in [3.05, 3.63) is 58.6 Å². The molecular weight excluding hydrogens is 428 g/mol. The van der Waals surface area contributed by atoms with Gasteiger partial charge in [0, 0.05) is 18.3 Å². The SMILES string of the molecule is Cn1cc(C(=O)Nc2cnn(-c3cccc(Cl)c3)c2C(F)(F)F)c(C(F)(F)F)n1. The lowest BCUT2D eigenvalue weighted by molar-refractivity contribution is -0.142. The van der Waals surface area contributed by atoms with Gasteiger partial charge in [0.1, 0.15) is 0 Å². The quantitative estimate of drug-likeness (QED) is 0.611. The van der Waals surface area contributed by atoms with Gasteiger partial charge in [-0.05, 0) is 18.2 Å². The van der Waals surface area contributed by atoms with Crippen LogP contribution in [0.4, 0.5) is 32.0 Å². The highest BCUT2D eigenvalue weighted by Gasteiger charge is 2.41. The summed E-state index contributed by atoms with van der Waals surface area (Å²) in [4.78, 5) is 12.3. The van der Waals surface area contributed by atoms with Crippen molar-refractivity contribution >= 4 is 23.2 Å².